The Labute approximate surface area is 125 Å². The van der Waals surface area contributed by atoms with E-state index in [1.807, 2.05) is 13.1 Å². The van der Waals surface area contributed by atoms with Crippen LogP contribution in [-0.2, 0) is 12.8 Å². The zero-order chi connectivity index (χ0) is 14.8. The summed E-state index contributed by atoms with van der Waals surface area (Å²) in [7, 11) is 3.48. The second-order valence-corrected chi connectivity index (χ2v) is 5.60. The molecule has 2 unspecified atom stereocenters. The summed E-state index contributed by atoms with van der Waals surface area (Å²) in [6.45, 7) is 0. The van der Waals surface area contributed by atoms with Crippen LogP contribution in [0.15, 0.2) is 42.5 Å². The third-order valence-electron chi connectivity index (χ3n) is 4.37. The van der Waals surface area contributed by atoms with Crippen molar-refractivity contribution >= 4 is 0 Å². The van der Waals surface area contributed by atoms with Gasteiger partial charge in [0.25, 0.3) is 0 Å². The van der Waals surface area contributed by atoms with Gasteiger partial charge in [-0.25, -0.2) is 4.39 Å². The summed E-state index contributed by atoms with van der Waals surface area (Å²) in [6, 6.07) is 14.1. The summed E-state index contributed by atoms with van der Waals surface area (Å²) in [6.07, 6.45) is 1.90. The molecule has 110 valence electrons. The van der Waals surface area contributed by atoms with Crippen molar-refractivity contribution < 1.29 is 9.13 Å². The first-order chi connectivity index (χ1) is 10.2. The molecule has 2 atom stereocenters. The van der Waals surface area contributed by atoms with Gasteiger partial charge in [0.15, 0.2) is 11.6 Å². The fourth-order valence-corrected chi connectivity index (χ4v) is 3.40. The van der Waals surface area contributed by atoms with Gasteiger partial charge in [-0.05, 0) is 54.6 Å². The van der Waals surface area contributed by atoms with Gasteiger partial charge in [0, 0.05) is 6.04 Å². The highest BCUT2D eigenvalue weighted by Crippen LogP contribution is 2.37. The zero-order valence-corrected chi connectivity index (χ0v) is 12.4. The van der Waals surface area contributed by atoms with E-state index in [9.17, 15) is 4.39 Å². The quantitative estimate of drug-likeness (QED) is 0.928. The highest BCUT2D eigenvalue weighted by atomic mass is 19.1. The number of methoxy groups -OCH3 is 1. The van der Waals surface area contributed by atoms with E-state index < -0.39 is 0 Å². The number of hydrogen-bond acceptors (Lipinski definition) is 2. The van der Waals surface area contributed by atoms with Crippen molar-refractivity contribution in [1.29, 1.82) is 0 Å². The first kappa shape index (κ1) is 14.1. The molecule has 1 aliphatic rings. The van der Waals surface area contributed by atoms with E-state index in [0.717, 1.165) is 18.4 Å². The molecule has 2 nitrogen and oxygen atoms in total. The normalized spacial score (nSPS) is 20.3. The zero-order valence-electron chi connectivity index (χ0n) is 12.4. The molecule has 0 aromatic heterocycles. The van der Waals surface area contributed by atoms with Crippen molar-refractivity contribution in [3.63, 3.8) is 0 Å². The molecular formula is C18H20FNO. The maximum Gasteiger partial charge on any atom is 0.165 e. The van der Waals surface area contributed by atoms with Gasteiger partial charge >= 0.3 is 0 Å². The third kappa shape index (κ3) is 2.66. The molecule has 1 aliphatic carbocycles. The number of nitrogens with one attached hydrogen (secondary N) is 1. The molecule has 1 N–H and O–H groups in total. The van der Waals surface area contributed by atoms with Gasteiger partial charge in [-0.1, -0.05) is 30.3 Å². The third-order valence-corrected chi connectivity index (χ3v) is 4.37. The SMILES string of the molecule is CNC1c2ccccc2CC1Cc1ccc(OC)c(F)c1. The highest BCUT2D eigenvalue weighted by molar-refractivity contribution is 5.37. The first-order valence-electron chi connectivity index (χ1n) is 7.30. The van der Waals surface area contributed by atoms with Crippen LogP contribution in [0.2, 0.25) is 0 Å². The van der Waals surface area contributed by atoms with E-state index in [1.54, 1.807) is 12.1 Å². The molecule has 0 saturated heterocycles. The Balaban J connectivity index is 1.81. The van der Waals surface area contributed by atoms with E-state index in [4.69, 9.17) is 4.74 Å². The lowest BCUT2D eigenvalue weighted by Gasteiger charge is -2.20. The number of hydrogen-bond donors (Lipinski definition) is 1. The predicted molar refractivity (Wildman–Crippen MR) is 82.1 cm³/mol. The summed E-state index contributed by atoms with van der Waals surface area (Å²) in [4.78, 5) is 0. The summed E-state index contributed by atoms with van der Waals surface area (Å²) < 4.78 is 18.8. The average molecular weight is 285 g/mol. The van der Waals surface area contributed by atoms with Crippen molar-refractivity contribution in [1.82, 2.24) is 5.32 Å². The van der Waals surface area contributed by atoms with E-state index in [2.05, 4.69) is 29.6 Å². The number of fused-ring (bicyclic) bond motifs is 1. The standard InChI is InChI=1S/C18H20FNO/c1-20-18-14(11-13-5-3-4-6-15(13)18)9-12-7-8-17(21-2)16(19)10-12/h3-8,10,14,18,20H,9,11H2,1-2H3. The topological polar surface area (TPSA) is 21.3 Å². The first-order valence-corrected chi connectivity index (χ1v) is 7.30. The van der Waals surface area contributed by atoms with Crippen LogP contribution in [0.3, 0.4) is 0 Å². The minimum atomic E-state index is -0.286. The van der Waals surface area contributed by atoms with Gasteiger partial charge < -0.3 is 10.1 Å². The maximum atomic E-state index is 13.8. The fourth-order valence-electron chi connectivity index (χ4n) is 3.40. The molecule has 3 heteroatoms. The van der Waals surface area contributed by atoms with Crippen molar-refractivity contribution in [3.05, 3.63) is 65.0 Å². The van der Waals surface area contributed by atoms with Crippen LogP contribution >= 0.6 is 0 Å². The minimum absolute atomic E-state index is 0.286. The van der Waals surface area contributed by atoms with Crippen molar-refractivity contribution in [2.24, 2.45) is 5.92 Å². The van der Waals surface area contributed by atoms with Crippen LogP contribution in [0, 0.1) is 11.7 Å². The Bertz CT molecular complexity index is 641. The molecule has 0 amide bonds. The molecule has 0 fully saturated rings. The molecule has 0 radical (unpaired) electrons. The lowest BCUT2D eigenvalue weighted by atomic mass is 9.93. The van der Waals surface area contributed by atoms with Crippen LogP contribution < -0.4 is 10.1 Å². The van der Waals surface area contributed by atoms with Gasteiger partial charge in [0.05, 0.1) is 7.11 Å². The number of ether oxygens (including phenoxy) is 1. The van der Waals surface area contributed by atoms with Gasteiger partial charge in [-0.3, -0.25) is 0 Å². The predicted octanol–water partition coefficient (Wildman–Crippen LogP) is 3.51. The molecule has 0 spiro atoms. The molecule has 21 heavy (non-hydrogen) atoms. The second kappa shape index (κ2) is 5.86. The Morgan fingerprint density at radius 3 is 2.76 bits per heavy atom. The van der Waals surface area contributed by atoms with Crippen molar-refractivity contribution in [3.8, 4) is 5.75 Å². The summed E-state index contributed by atoms with van der Waals surface area (Å²) in [5.41, 5.74) is 3.79. The lowest BCUT2D eigenvalue weighted by Crippen LogP contribution is -2.23. The lowest BCUT2D eigenvalue weighted by molar-refractivity contribution is 0.384. The monoisotopic (exact) mass is 285 g/mol. The Hall–Kier alpha value is -1.87. The maximum absolute atomic E-state index is 13.8. The van der Waals surface area contributed by atoms with E-state index in [-0.39, 0.29) is 5.82 Å². The molecule has 0 saturated carbocycles. The van der Waals surface area contributed by atoms with Gasteiger partial charge in [0.1, 0.15) is 0 Å². The molecular weight excluding hydrogens is 265 g/mol. The summed E-state index contributed by atoms with van der Waals surface area (Å²) >= 11 is 0. The van der Waals surface area contributed by atoms with E-state index in [1.165, 1.54) is 18.2 Å². The molecule has 0 bridgehead atoms. The Morgan fingerprint density at radius 2 is 2.05 bits per heavy atom. The number of rotatable bonds is 4. The smallest absolute Gasteiger partial charge is 0.165 e. The Morgan fingerprint density at radius 1 is 1.24 bits per heavy atom. The van der Waals surface area contributed by atoms with Crippen LogP contribution in [-0.4, -0.2) is 14.2 Å². The average Bonchev–Trinajstić information content (AvgIpc) is 2.84. The van der Waals surface area contributed by atoms with Crippen molar-refractivity contribution in [2.45, 2.75) is 18.9 Å². The van der Waals surface area contributed by atoms with Gasteiger partial charge in [0.2, 0.25) is 0 Å². The highest BCUT2D eigenvalue weighted by Gasteiger charge is 2.31. The summed E-state index contributed by atoms with van der Waals surface area (Å²) in [5, 5.41) is 3.41. The summed E-state index contributed by atoms with van der Waals surface area (Å²) in [5.74, 6) is 0.477. The van der Waals surface area contributed by atoms with Crippen molar-refractivity contribution in [2.75, 3.05) is 14.2 Å². The van der Waals surface area contributed by atoms with Crippen LogP contribution in [0.4, 0.5) is 4.39 Å². The molecule has 2 aromatic carbocycles. The molecule has 3 rings (SSSR count). The van der Waals surface area contributed by atoms with Crippen LogP contribution in [0.25, 0.3) is 0 Å². The van der Waals surface area contributed by atoms with Crippen LogP contribution in [0.5, 0.6) is 5.75 Å². The molecule has 2 aromatic rings. The largest absolute Gasteiger partial charge is 0.494 e. The van der Waals surface area contributed by atoms with Gasteiger partial charge in [-0.2, -0.15) is 0 Å². The minimum Gasteiger partial charge on any atom is -0.494 e. The molecule has 0 heterocycles. The van der Waals surface area contributed by atoms with Gasteiger partial charge in [-0.15, -0.1) is 0 Å². The Kier molecular flexibility index (Phi) is 3.93. The fraction of sp³-hybridized carbons (Fsp3) is 0.333. The number of benzene rings is 2. The van der Waals surface area contributed by atoms with E-state index >= 15 is 0 Å². The van der Waals surface area contributed by atoms with Crippen LogP contribution in [0.1, 0.15) is 22.7 Å². The van der Waals surface area contributed by atoms with E-state index in [0.29, 0.717) is 17.7 Å². The number of halogens is 1. The molecule has 0 aliphatic heterocycles. The second-order valence-electron chi connectivity index (χ2n) is 5.60.